The standard InChI is InChI=1S/C9H6ClN3O2/c1-15-5-3-2-4(10)6-7(5)12-9(14)8(6)13-11/h2-3,11H,1H3/p+1. The SMILES string of the molecule is COc1ccc(Cl)c2c([N+]#N)c(O)[nH]c12. The quantitative estimate of drug-likeness (QED) is 0.732. The molecule has 2 rings (SSSR count). The van der Waals surface area contributed by atoms with Gasteiger partial charge in [-0.1, -0.05) is 11.6 Å². The van der Waals surface area contributed by atoms with Crippen LogP contribution in [0.2, 0.25) is 5.02 Å². The van der Waals surface area contributed by atoms with Crippen molar-refractivity contribution in [2.24, 2.45) is 0 Å². The fourth-order valence-corrected chi connectivity index (χ4v) is 1.72. The number of halogens is 1. The molecule has 0 unspecified atom stereocenters. The molecule has 0 saturated heterocycles. The maximum Gasteiger partial charge on any atom is 0.454 e. The molecule has 0 radical (unpaired) electrons. The molecule has 15 heavy (non-hydrogen) atoms. The first kappa shape index (κ1) is 9.62. The van der Waals surface area contributed by atoms with E-state index >= 15 is 0 Å². The molecule has 0 atom stereocenters. The third-order valence-corrected chi connectivity index (χ3v) is 2.46. The van der Waals surface area contributed by atoms with Gasteiger partial charge in [0.15, 0.2) is 4.98 Å². The zero-order valence-electron chi connectivity index (χ0n) is 7.78. The van der Waals surface area contributed by atoms with Gasteiger partial charge in [-0.15, -0.1) is 0 Å². The molecular weight excluding hydrogens is 218 g/mol. The molecule has 6 heteroatoms. The van der Waals surface area contributed by atoms with E-state index in [-0.39, 0.29) is 11.6 Å². The average Bonchev–Trinajstić information content (AvgIpc) is 2.56. The van der Waals surface area contributed by atoms with E-state index in [1.54, 1.807) is 12.1 Å². The largest absolute Gasteiger partial charge is 0.495 e. The number of diazo groups is 1. The Labute approximate surface area is 89.9 Å². The predicted molar refractivity (Wildman–Crippen MR) is 56.3 cm³/mol. The van der Waals surface area contributed by atoms with Crippen LogP contribution in [0, 0.1) is 5.39 Å². The van der Waals surface area contributed by atoms with Crippen LogP contribution in [0.4, 0.5) is 5.69 Å². The molecule has 5 nitrogen and oxygen atoms in total. The number of ether oxygens (including phenoxy) is 1. The minimum absolute atomic E-state index is 0.00824. The van der Waals surface area contributed by atoms with E-state index in [1.807, 2.05) is 0 Å². The molecular formula is C9H7ClN3O2+. The summed E-state index contributed by atoms with van der Waals surface area (Å²) < 4.78 is 5.07. The van der Waals surface area contributed by atoms with E-state index < -0.39 is 0 Å². The lowest BCUT2D eigenvalue weighted by atomic mass is 10.2. The zero-order chi connectivity index (χ0) is 11.0. The van der Waals surface area contributed by atoms with Crippen molar-refractivity contribution in [1.82, 2.24) is 4.98 Å². The molecule has 0 spiro atoms. The number of nitrogens with one attached hydrogen (secondary N) is 1. The second-order valence-corrected chi connectivity index (χ2v) is 3.33. The Balaban J connectivity index is 2.95. The Hall–Kier alpha value is -1.93. The Bertz CT molecular complexity index is 571. The summed E-state index contributed by atoms with van der Waals surface area (Å²) in [6, 6.07) is 3.26. The molecule has 76 valence electrons. The van der Waals surface area contributed by atoms with Crippen LogP contribution >= 0.6 is 11.6 Å². The highest BCUT2D eigenvalue weighted by Gasteiger charge is 2.26. The fourth-order valence-electron chi connectivity index (χ4n) is 1.48. The van der Waals surface area contributed by atoms with Crippen LogP contribution < -0.4 is 4.74 Å². The molecule has 0 aliphatic rings. The lowest BCUT2D eigenvalue weighted by molar-refractivity contribution is 0.417. The minimum atomic E-state index is -0.251. The Kier molecular flexibility index (Phi) is 2.14. The molecule has 2 aromatic rings. The van der Waals surface area contributed by atoms with E-state index in [0.29, 0.717) is 21.7 Å². The second kappa shape index (κ2) is 3.33. The first-order valence-electron chi connectivity index (χ1n) is 4.11. The van der Waals surface area contributed by atoms with Gasteiger partial charge in [-0.2, -0.15) is 0 Å². The van der Waals surface area contributed by atoms with Gasteiger partial charge < -0.3 is 14.8 Å². The first-order valence-corrected chi connectivity index (χ1v) is 4.49. The summed E-state index contributed by atoms with van der Waals surface area (Å²) in [6.45, 7) is 0. The Morgan fingerprint density at radius 2 is 2.27 bits per heavy atom. The summed E-state index contributed by atoms with van der Waals surface area (Å²) in [5, 5.41) is 19.0. The third kappa shape index (κ3) is 1.27. The number of aromatic hydroxyl groups is 1. The molecule has 1 heterocycles. The van der Waals surface area contributed by atoms with Crippen LogP contribution in [0.5, 0.6) is 11.6 Å². The summed E-state index contributed by atoms with van der Waals surface area (Å²) in [6.07, 6.45) is 0. The van der Waals surface area contributed by atoms with Gasteiger partial charge in [-0.25, -0.2) is 0 Å². The third-order valence-electron chi connectivity index (χ3n) is 2.14. The summed E-state index contributed by atoms with van der Waals surface area (Å²) in [7, 11) is 1.50. The Morgan fingerprint density at radius 3 is 2.87 bits per heavy atom. The number of H-pyrrole nitrogens is 1. The zero-order valence-corrected chi connectivity index (χ0v) is 8.54. The first-order chi connectivity index (χ1) is 7.19. The number of hydrogen-bond acceptors (Lipinski definition) is 3. The number of fused-ring (bicyclic) bond motifs is 1. The fraction of sp³-hybridized carbons (Fsp3) is 0.111. The minimum Gasteiger partial charge on any atom is -0.495 e. The van der Waals surface area contributed by atoms with Crippen molar-refractivity contribution in [2.75, 3.05) is 7.11 Å². The lowest BCUT2D eigenvalue weighted by Gasteiger charge is -2.00. The highest BCUT2D eigenvalue weighted by molar-refractivity contribution is 6.37. The van der Waals surface area contributed by atoms with Gasteiger partial charge in [0.05, 0.1) is 12.1 Å². The molecule has 0 aliphatic carbocycles. The van der Waals surface area contributed by atoms with Gasteiger partial charge in [0.1, 0.15) is 16.7 Å². The van der Waals surface area contributed by atoms with Gasteiger partial charge in [-0.05, 0) is 12.1 Å². The van der Waals surface area contributed by atoms with E-state index in [1.165, 1.54) is 7.11 Å². The highest BCUT2D eigenvalue weighted by atomic mass is 35.5. The van der Waals surface area contributed by atoms with Crippen molar-refractivity contribution in [2.45, 2.75) is 0 Å². The molecule has 0 bridgehead atoms. The maximum atomic E-state index is 9.46. The maximum absolute atomic E-state index is 9.46. The van der Waals surface area contributed by atoms with Crippen molar-refractivity contribution in [3.8, 4) is 11.6 Å². The van der Waals surface area contributed by atoms with Crippen LogP contribution in [-0.2, 0) is 0 Å². The van der Waals surface area contributed by atoms with E-state index in [9.17, 15) is 5.11 Å². The van der Waals surface area contributed by atoms with Crippen LogP contribution in [0.25, 0.3) is 15.9 Å². The number of hydrogen-bond donors (Lipinski definition) is 2. The number of benzene rings is 1. The van der Waals surface area contributed by atoms with Crippen molar-refractivity contribution < 1.29 is 9.84 Å². The van der Waals surface area contributed by atoms with Gasteiger partial charge in [-0.3, -0.25) is 0 Å². The van der Waals surface area contributed by atoms with Crippen molar-refractivity contribution in [1.29, 1.82) is 5.39 Å². The van der Waals surface area contributed by atoms with Crippen LogP contribution in [-0.4, -0.2) is 17.2 Å². The number of methoxy groups -OCH3 is 1. The molecule has 2 N–H and O–H groups in total. The second-order valence-electron chi connectivity index (χ2n) is 2.92. The molecule has 1 aromatic carbocycles. The molecule has 0 saturated carbocycles. The topological polar surface area (TPSA) is 73.4 Å². The van der Waals surface area contributed by atoms with Gasteiger partial charge in [0, 0.05) is 0 Å². The number of aromatic amines is 1. The van der Waals surface area contributed by atoms with Crippen LogP contribution in [0.3, 0.4) is 0 Å². The van der Waals surface area contributed by atoms with Gasteiger partial charge in [0.25, 0.3) is 5.88 Å². The average molecular weight is 225 g/mol. The smallest absolute Gasteiger partial charge is 0.454 e. The number of nitrogens with zero attached hydrogens (tertiary/aromatic N) is 2. The molecule has 0 fully saturated rings. The summed E-state index contributed by atoms with van der Waals surface area (Å²) in [4.78, 5) is 5.60. The Morgan fingerprint density at radius 1 is 1.53 bits per heavy atom. The summed E-state index contributed by atoms with van der Waals surface area (Å²) >= 11 is 5.93. The van der Waals surface area contributed by atoms with Gasteiger partial charge in [0.2, 0.25) is 5.39 Å². The molecule has 0 amide bonds. The number of rotatable bonds is 1. The monoisotopic (exact) mass is 224 g/mol. The summed E-state index contributed by atoms with van der Waals surface area (Å²) in [5.74, 6) is 0.263. The lowest BCUT2D eigenvalue weighted by Crippen LogP contribution is -1.83. The highest BCUT2D eigenvalue weighted by Crippen LogP contribution is 2.42. The molecule has 1 aromatic heterocycles. The van der Waals surface area contributed by atoms with Crippen molar-refractivity contribution in [3.63, 3.8) is 0 Å². The van der Waals surface area contributed by atoms with Crippen molar-refractivity contribution in [3.05, 3.63) is 22.1 Å². The van der Waals surface area contributed by atoms with E-state index in [0.717, 1.165) is 0 Å². The van der Waals surface area contributed by atoms with E-state index in [4.69, 9.17) is 21.7 Å². The molecule has 0 aliphatic heterocycles. The normalized spacial score (nSPS) is 10.2. The summed E-state index contributed by atoms with van der Waals surface area (Å²) in [5.41, 5.74) is 0.504. The van der Waals surface area contributed by atoms with E-state index in [2.05, 4.69) is 9.96 Å². The van der Waals surface area contributed by atoms with Crippen molar-refractivity contribution >= 4 is 28.2 Å². The van der Waals surface area contributed by atoms with Gasteiger partial charge >= 0.3 is 5.69 Å². The predicted octanol–water partition coefficient (Wildman–Crippen LogP) is 3.02. The van der Waals surface area contributed by atoms with Crippen LogP contribution in [0.15, 0.2) is 12.1 Å². The van der Waals surface area contributed by atoms with Crippen LogP contribution in [0.1, 0.15) is 0 Å². The number of aromatic nitrogens is 1.